The largest absolute Gasteiger partial charge is 0.309 e. The Morgan fingerprint density at radius 2 is 1.60 bits per heavy atom. The number of pyridine rings is 1. The highest BCUT2D eigenvalue weighted by Gasteiger charge is 2.10. The molecule has 0 fully saturated rings. The summed E-state index contributed by atoms with van der Waals surface area (Å²) in [4.78, 5) is 12.5. The van der Waals surface area contributed by atoms with Gasteiger partial charge in [-0.2, -0.15) is 5.26 Å². The zero-order valence-corrected chi connectivity index (χ0v) is 15.1. The maximum Gasteiger partial charge on any atom is 0.268 e. The lowest BCUT2D eigenvalue weighted by Gasteiger charge is -2.11. The number of hydrogen-bond acceptors (Lipinski definition) is 2. The second-order valence-electron chi connectivity index (χ2n) is 5.43. The Hall–Kier alpha value is -2.25. The van der Waals surface area contributed by atoms with Gasteiger partial charge in [0.15, 0.2) is 0 Å². The van der Waals surface area contributed by atoms with Gasteiger partial charge in [0.2, 0.25) is 0 Å². The van der Waals surface area contributed by atoms with Crippen LogP contribution >= 0.6 is 34.8 Å². The van der Waals surface area contributed by atoms with Crippen molar-refractivity contribution in [3.05, 3.63) is 91.3 Å². The zero-order chi connectivity index (χ0) is 18.0. The van der Waals surface area contributed by atoms with Gasteiger partial charge >= 0.3 is 0 Å². The molecule has 0 amide bonds. The molecule has 124 valence electrons. The molecule has 0 spiro atoms. The molecule has 0 N–H and O–H groups in total. The molecule has 0 radical (unpaired) electrons. The Kier molecular flexibility index (Phi) is 5.15. The fourth-order valence-corrected chi connectivity index (χ4v) is 3.06. The molecule has 25 heavy (non-hydrogen) atoms. The second-order valence-corrected chi connectivity index (χ2v) is 6.71. The summed E-state index contributed by atoms with van der Waals surface area (Å²) in [5, 5.41) is 10.9. The normalized spacial score (nSPS) is 10.5. The Morgan fingerprint density at radius 3 is 2.24 bits per heavy atom. The van der Waals surface area contributed by atoms with Gasteiger partial charge in [-0.1, -0.05) is 53.0 Å². The van der Waals surface area contributed by atoms with Crippen LogP contribution in [0.25, 0.3) is 11.1 Å². The van der Waals surface area contributed by atoms with E-state index in [0.29, 0.717) is 15.1 Å². The minimum Gasteiger partial charge on any atom is -0.309 e. The van der Waals surface area contributed by atoms with E-state index in [1.807, 2.05) is 18.2 Å². The van der Waals surface area contributed by atoms with E-state index in [1.165, 1.54) is 4.57 Å². The molecule has 0 unspecified atom stereocenters. The van der Waals surface area contributed by atoms with Crippen LogP contribution in [0.3, 0.4) is 0 Å². The highest BCUT2D eigenvalue weighted by molar-refractivity contribution is 6.35. The highest BCUT2D eigenvalue weighted by Crippen LogP contribution is 2.24. The predicted molar refractivity (Wildman–Crippen MR) is 101 cm³/mol. The lowest BCUT2D eigenvalue weighted by atomic mass is 10.1. The third-order valence-corrected chi connectivity index (χ3v) is 4.58. The summed E-state index contributed by atoms with van der Waals surface area (Å²) < 4.78 is 1.47. The van der Waals surface area contributed by atoms with Crippen molar-refractivity contribution in [2.45, 2.75) is 6.54 Å². The minimum absolute atomic E-state index is 0.0672. The molecule has 0 aliphatic rings. The number of nitriles is 1. The first kappa shape index (κ1) is 17.6. The van der Waals surface area contributed by atoms with Crippen LogP contribution in [-0.4, -0.2) is 4.57 Å². The maximum absolute atomic E-state index is 12.5. The first-order valence-corrected chi connectivity index (χ1v) is 8.46. The van der Waals surface area contributed by atoms with Crippen LogP contribution in [-0.2, 0) is 6.54 Å². The smallest absolute Gasteiger partial charge is 0.268 e. The summed E-state index contributed by atoms with van der Waals surface area (Å²) in [6, 6.07) is 15.8. The van der Waals surface area contributed by atoms with Crippen LogP contribution in [0.4, 0.5) is 0 Å². The fourth-order valence-electron chi connectivity index (χ4n) is 2.47. The molecular weight excluding hydrogens is 379 g/mol. The van der Waals surface area contributed by atoms with Crippen LogP contribution in [0.2, 0.25) is 15.1 Å². The van der Waals surface area contributed by atoms with E-state index in [4.69, 9.17) is 34.8 Å². The van der Waals surface area contributed by atoms with E-state index < -0.39 is 0 Å². The second kappa shape index (κ2) is 7.33. The van der Waals surface area contributed by atoms with E-state index in [1.54, 1.807) is 42.6 Å². The summed E-state index contributed by atoms with van der Waals surface area (Å²) in [5.74, 6) is 0. The number of rotatable bonds is 3. The standard InChI is InChI=1S/C19H11Cl3N2O/c20-16-4-1-12(2-5-16)15-7-14(9-23)19(25)24(11-15)10-13-3-6-17(21)8-18(13)22/h1-8,11H,10H2. The molecule has 0 aliphatic carbocycles. The average molecular weight is 390 g/mol. The molecular formula is C19H11Cl3N2O. The summed E-state index contributed by atoms with van der Waals surface area (Å²) in [7, 11) is 0. The van der Waals surface area contributed by atoms with Crippen LogP contribution < -0.4 is 5.56 Å². The van der Waals surface area contributed by atoms with Crippen molar-refractivity contribution in [2.24, 2.45) is 0 Å². The number of hydrogen-bond donors (Lipinski definition) is 0. The number of nitrogens with zero attached hydrogens (tertiary/aromatic N) is 2. The van der Waals surface area contributed by atoms with Crippen molar-refractivity contribution in [3.8, 4) is 17.2 Å². The molecule has 2 aromatic carbocycles. The fraction of sp³-hybridized carbons (Fsp3) is 0.0526. The maximum atomic E-state index is 12.5. The Morgan fingerprint density at radius 1 is 0.920 bits per heavy atom. The van der Waals surface area contributed by atoms with Crippen LogP contribution in [0.1, 0.15) is 11.1 Å². The van der Waals surface area contributed by atoms with Gasteiger partial charge in [-0.15, -0.1) is 0 Å². The zero-order valence-electron chi connectivity index (χ0n) is 12.8. The number of benzene rings is 2. The average Bonchev–Trinajstić information content (AvgIpc) is 2.59. The quantitative estimate of drug-likeness (QED) is 0.602. The molecule has 3 aromatic rings. The molecule has 0 saturated carbocycles. The third-order valence-electron chi connectivity index (χ3n) is 3.74. The van der Waals surface area contributed by atoms with E-state index in [9.17, 15) is 10.1 Å². The number of halogens is 3. The van der Waals surface area contributed by atoms with Crippen molar-refractivity contribution in [1.29, 1.82) is 5.26 Å². The summed E-state index contributed by atoms with van der Waals surface area (Å²) in [6.45, 7) is 0.241. The predicted octanol–water partition coefficient (Wildman–Crippen LogP) is 5.40. The Bertz CT molecular complexity index is 1030. The molecule has 0 bridgehead atoms. The van der Waals surface area contributed by atoms with E-state index in [0.717, 1.165) is 16.7 Å². The van der Waals surface area contributed by atoms with Crippen LogP contribution in [0.5, 0.6) is 0 Å². The summed E-state index contributed by atoms with van der Waals surface area (Å²) in [6.07, 6.45) is 1.71. The van der Waals surface area contributed by atoms with Gasteiger partial charge in [0, 0.05) is 21.3 Å². The van der Waals surface area contributed by atoms with Gasteiger partial charge < -0.3 is 4.57 Å². The molecule has 1 aromatic heterocycles. The van der Waals surface area contributed by atoms with E-state index in [2.05, 4.69) is 0 Å². The molecule has 0 saturated heterocycles. The van der Waals surface area contributed by atoms with E-state index in [-0.39, 0.29) is 17.7 Å². The minimum atomic E-state index is -0.369. The summed E-state index contributed by atoms with van der Waals surface area (Å²) >= 11 is 18.0. The SMILES string of the molecule is N#Cc1cc(-c2ccc(Cl)cc2)cn(Cc2ccc(Cl)cc2Cl)c1=O. The lowest BCUT2D eigenvalue weighted by Crippen LogP contribution is -2.23. The van der Waals surface area contributed by atoms with Crippen molar-refractivity contribution < 1.29 is 0 Å². The van der Waals surface area contributed by atoms with Gasteiger partial charge in [-0.05, 0) is 47.0 Å². The van der Waals surface area contributed by atoms with Crippen molar-refractivity contribution in [1.82, 2.24) is 4.57 Å². The van der Waals surface area contributed by atoms with Crippen molar-refractivity contribution in [2.75, 3.05) is 0 Å². The molecule has 1 heterocycles. The van der Waals surface area contributed by atoms with Gasteiger partial charge in [0.05, 0.1) is 6.54 Å². The van der Waals surface area contributed by atoms with Crippen LogP contribution in [0.15, 0.2) is 59.5 Å². The molecule has 6 heteroatoms. The van der Waals surface area contributed by atoms with Crippen molar-refractivity contribution in [3.63, 3.8) is 0 Å². The van der Waals surface area contributed by atoms with E-state index >= 15 is 0 Å². The Labute approximate surface area is 159 Å². The first-order chi connectivity index (χ1) is 12.0. The van der Waals surface area contributed by atoms with Crippen LogP contribution in [0, 0.1) is 11.3 Å². The van der Waals surface area contributed by atoms with Gasteiger partial charge in [0.25, 0.3) is 5.56 Å². The molecule has 3 nitrogen and oxygen atoms in total. The van der Waals surface area contributed by atoms with Gasteiger partial charge in [-0.3, -0.25) is 4.79 Å². The topological polar surface area (TPSA) is 45.8 Å². The van der Waals surface area contributed by atoms with Gasteiger partial charge in [-0.25, -0.2) is 0 Å². The third kappa shape index (κ3) is 3.88. The first-order valence-electron chi connectivity index (χ1n) is 7.32. The Balaban J connectivity index is 2.09. The monoisotopic (exact) mass is 388 g/mol. The number of aromatic nitrogens is 1. The van der Waals surface area contributed by atoms with Gasteiger partial charge in [0.1, 0.15) is 11.6 Å². The molecule has 0 aliphatic heterocycles. The van der Waals surface area contributed by atoms with Crippen molar-refractivity contribution >= 4 is 34.8 Å². The highest BCUT2D eigenvalue weighted by atomic mass is 35.5. The molecule has 0 atom stereocenters. The summed E-state index contributed by atoms with van der Waals surface area (Å²) in [5.41, 5.74) is 2.05. The molecule has 3 rings (SSSR count). The lowest BCUT2D eigenvalue weighted by molar-refractivity contribution is 0.758.